The van der Waals surface area contributed by atoms with Gasteiger partial charge in [-0.2, -0.15) is 0 Å². The summed E-state index contributed by atoms with van der Waals surface area (Å²) in [5.41, 5.74) is 3.51. The zero-order valence-corrected chi connectivity index (χ0v) is 14.2. The summed E-state index contributed by atoms with van der Waals surface area (Å²) in [7, 11) is 0. The standard InChI is InChI=1S/C21H17ClN2O/c22-20-9-5-4-6-16(20)10-15-21(25)24-19-13-11-18(12-14-19)23-17-7-2-1-3-8-17/h1-15,23H,(H,24,25)/b15-10+. The number of hydrogen-bond donors (Lipinski definition) is 2. The third-order valence-electron chi connectivity index (χ3n) is 3.53. The summed E-state index contributed by atoms with van der Waals surface area (Å²) >= 11 is 6.06. The molecule has 3 rings (SSSR count). The van der Waals surface area contributed by atoms with Gasteiger partial charge in [0, 0.05) is 28.2 Å². The smallest absolute Gasteiger partial charge is 0.248 e. The molecule has 0 aliphatic carbocycles. The van der Waals surface area contributed by atoms with Gasteiger partial charge in [-0.1, -0.05) is 48.0 Å². The molecule has 0 fully saturated rings. The van der Waals surface area contributed by atoms with Gasteiger partial charge in [-0.3, -0.25) is 4.79 Å². The van der Waals surface area contributed by atoms with Gasteiger partial charge in [-0.25, -0.2) is 0 Å². The molecule has 0 heterocycles. The molecule has 0 aliphatic heterocycles. The molecular weight excluding hydrogens is 332 g/mol. The highest BCUT2D eigenvalue weighted by atomic mass is 35.5. The van der Waals surface area contributed by atoms with Gasteiger partial charge < -0.3 is 10.6 Å². The lowest BCUT2D eigenvalue weighted by Crippen LogP contribution is -2.07. The van der Waals surface area contributed by atoms with Gasteiger partial charge in [0.1, 0.15) is 0 Å². The Kier molecular flexibility index (Phi) is 5.50. The fraction of sp³-hybridized carbons (Fsp3) is 0. The van der Waals surface area contributed by atoms with Crippen LogP contribution in [0, 0.1) is 0 Å². The van der Waals surface area contributed by atoms with Gasteiger partial charge in [0.25, 0.3) is 0 Å². The van der Waals surface area contributed by atoms with Crippen LogP contribution in [0.1, 0.15) is 5.56 Å². The molecule has 3 aromatic carbocycles. The summed E-state index contributed by atoms with van der Waals surface area (Å²) in [6.07, 6.45) is 3.17. The molecule has 2 N–H and O–H groups in total. The van der Waals surface area contributed by atoms with E-state index in [1.165, 1.54) is 6.08 Å². The molecule has 0 bridgehead atoms. The Morgan fingerprint density at radius 2 is 1.36 bits per heavy atom. The van der Waals surface area contributed by atoms with Crippen LogP contribution in [0.15, 0.2) is 84.9 Å². The Labute approximate surface area is 152 Å². The van der Waals surface area contributed by atoms with E-state index in [1.54, 1.807) is 12.1 Å². The van der Waals surface area contributed by atoms with Crippen LogP contribution in [-0.2, 0) is 4.79 Å². The second-order valence-electron chi connectivity index (χ2n) is 5.41. The lowest BCUT2D eigenvalue weighted by molar-refractivity contribution is -0.111. The zero-order chi connectivity index (χ0) is 17.5. The van der Waals surface area contributed by atoms with Crippen LogP contribution in [0.25, 0.3) is 6.08 Å². The number of amides is 1. The second-order valence-corrected chi connectivity index (χ2v) is 5.82. The maximum Gasteiger partial charge on any atom is 0.248 e. The SMILES string of the molecule is O=C(/C=C/c1ccccc1Cl)Nc1ccc(Nc2ccccc2)cc1. The summed E-state index contributed by atoms with van der Waals surface area (Å²) in [4.78, 5) is 12.0. The largest absolute Gasteiger partial charge is 0.356 e. The van der Waals surface area contributed by atoms with Crippen molar-refractivity contribution >= 4 is 40.6 Å². The van der Waals surface area contributed by atoms with E-state index in [9.17, 15) is 4.79 Å². The summed E-state index contributed by atoms with van der Waals surface area (Å²) < 4.78 is 0. The Morgan fingerprint density at radius 1 is 0.760 bits per heavy atom. The van der Waals surface area contributed by atoms with E-state index in [4.69, 9.17) is 11.6 Å². The average Bonchev–Trinajstić information content (AvgIpc) is 2.64. The molecule has 0 aromatic heterocycles. The van der Waals surface area contributed by atoms with E-state index in [2.05, 4.69) is 10.6 Å². The molecule has 25 heavy (non-hydrogen) atoms. The molecule has 0 unspecified atom stereocenters. The molecule has 3 aromatic rings. The highest BCUT2D eigenvalue weighted by Crippen LogP contribution is 2.19. The van der Waals surface area contributed by atoms with Crippen molar-refractivity contribution in [1.82, 2.24) is 0 Å². The first-order chi connectivity index (χ1) is 12.2. The van der Waals surface area contributed by atoms with Crippen molar-refractivity contribution in [2.75, 3.05) is 10.6 Å². The average molecular weight is 349 g/mol. The number of para-hydroxylation sites is 1. The molecule has 4 heteroatoms. The first-order valence-corrected chi connectivity index (χ1v) is 8.24. The lowest BCUT2D eigenvalue weighted by atomic mass is 10.2. The van der Waals surface area contributed by atoms with Crippen LogP contribution in [0.5, 0.6) is 0 Å². The van der Waals surface area contributed by atoms with Crippen molar-refractivity contribution in [3.05, 3.63) is 95.5 Å². The van der Waals surface area contributed by atoms with E-state index >= 15 is 0 Å². The van der Waals surface area contributed by atoms with Gasteiger partial charge in [-0.05, 0) is 54.1 Å². The number of nitrogens with one attached hydrogen (secondary N) is 2. The Hall–Kier alpha value is -3.04. The lowest BCUT2D eigenvalue weighted by Gasteiger charge is -2.07. The predicted octanol–water partition coefficient (Wildman–Crippen LogP) is 5.74. The maximum absolute atomic E-state index is 12.0. The number of carbonyl (C=O) groups excluding carboxylic acids is 1. The normalized spacial score (nSPS) is 10.6. The second kappa shape index (κ2) is 8.18. The van der Waals surface area contributed by atoms with E-state index in [-0.39, 0.29) is 5.91 Å². The first-order valence-electron chi connectivity index (χ1n) is 7.86. The first kappa shape index (κ1) is 16.8. The number of carbonyl (C=O) groups is 1. The van der Waals surface area contributed by atoms with E-state index in [0.29, 0.717) is 5.02 Å². The number of hydrogen-bond acceptors (Lipinski definition) is 2. The predicted molar refractivity (Wildman–Crippen MR) is 105 cm³/mol. The molecule has 0 spiro atoms. The van der Waals surface area contributed by atoms with Crippen molar-refractivity contribution < 1.29 is 4.79 Å². The van der Waals surface area contributed by atoms with Crippen LogP contribution >= 0.6 is 11.6 Å². The van der Waals surface area contributed by atoms with E-state index in [0.717, 1.165) is 22.6 Å². The Bertz CT molecular complexity index is 874. The number of halogens is 1. The minimum atomic E-state index is -0.205. The van der Waals surface area contributed by atoms with Crippen LogP contribution in [0.2, 0.25) is 5.02 Å². The van der Waals surface area contributed by atoms with Gasteiger partial charge >= 0.3 is 0 Å². The topological polar surface area (TPSA) is 41.1 Å². The summed E-state index contributed by atoms with van der Waals surface area (Å²) in [5, 5.41) is 6.74. The highest BCUT2D eigenvalue weighted by molar-refractivity contribution is 6.32. The highest BCUT2D eigenvalue weighted by Gasteiger charge is 2.00. The van der Waals surface area contributed by atoms with Gasteiger partial charge in [0.15, 0.2) is 0 Å². The van der Waals surface area contributed by atoms with E-state index < -0.39 is 0 Å². The summed E-state index contributed by atoms with van der Waals surface area (Å²) in [6, 6.07) is 24.8. The van der Waals surface area contributed by atoms with Gasteiger partial charge in [0.05, 0.1) is 0 Å². The van der Waals surface area contributed by atoms with Crippen molar-refractivity contribution in [2.24, 2.45) is 0 Å². The Morgan fingerprint density at radius 3 is 2.08 bits per heavy atom. The molecule has 124 valence electrons. The Balaban J connectivity index is 1.59. The number of benzene rings is 3. The fourth-order valence-corrected chi connectivity index (χ4v) is 2.48. The van der Waals surface area contributed by atoms with Crippen molar-refractivity contribution in [2.45, 2.75) is 0 Å². The molecule has 3 nitrogen and oxygen atoms in total. The summed E-state index contributed by atoms with van der Waals surface area (Å²) in [5.74, 6) is -0.205. The molecule has 1 amide bonds. The molecule has 0 saturated carbocycles. The monoisotopic (exact) mass is 348 g/mol. The van der Waals surface area contributed by atoms with Crippen LogP contribution in [0.3, 0.4) is 0 Å². The molecule has 0 radical (unpaired) electrons. The third-order valence-corrected chi connectivity index (χ3v) is 3.88. The summed E-state index contributed by atoms with van der Waals surface area (Å²) in [6.45, 7) is 0. The minimum Gasteiger partial charge on any atom is -0.356 e. The zero-order valence-electron chi connectivity index (χ0n) is 13.4. The maximum atomic E-state index is 12.0. The molecule has 0 aliphatic rings. The van der Waals surface area contributed by atoms with Gasteiger partial charge in [-0.15, -0.1) is 0 Å². The van der Waals surface area contributed by atoms with Crippen LogP contribution in [0.4, 0.5) is 17.1 Å². The number of anilines is 3. The van der Waals surface area contributed by atoms with Crippen molar-refractivity contribution in [1.29, 1.82) is 0 Å². The number of rotatable bonds is 5. The van der Waals surface area contributed by atoms with Crippen molar-refractivity contribution in [3.63, 3.8) is 0 Å². The quantitative estimate of drug-likeness (QED) is 0.577. The minimum absolute atomic E-state index is 0.205. The van der Waals surface area contributed by atoms with Crippen molar-refractivity contribution in [3.8, 4) is 0 Å². The third kappa shape index (κ3) is 4.96. The molecular formula is C21H17ClN2O. The fourth-order valence-electron chi connectivity index (χ4n) is 2.28. The molecule has 0 saturated heterocycles. The molecule has 0 atom stereocenters. The van der Waals surface area contributed by atoms with Gasteiger partial charge in [0.2, 0.25) is 5.91 Å². The van der Waals surface area contributed by atoms with E-state index in [1.807, 2.05) is 72.8 Å². The van der Waals surface area contributed by atoms with Crippen LogP contribution in [-0.4, -0.2) is 5.91 Å². The van der Waals surface area contributed by atoms with Crippen LogP contribution < -0.4 is 10.6 Å².